The quantitative estimate of drug-likeness (QED) is 0.819. The third-order valence-corrected chi connectivity index (χ3v) is 3.28. The second-order valence-electron chi connectivity index (χ2n) is 5.55. The number of hydrogen-bond donors (Lipinski definition) is 0. The van der Waals surface area contributed by atoms with Gasteiger partial charge in [0.2, 0.25) is 0 Å². The van der Waals surface area contributed by atoms with Gasteiger partial charge in [-0.3, -0.25) is 0 Å². The predicted octanol–water partition coefficient (Wildman–Crippen LogP) is 2.84. The van der Waals surface area contributed by atoms with Crippen LogP contribution in [0.1, 0.15) is 25.8 Å². The van der Waals surface area contributed by atoms with Crippen LogP contribution in [0.25, 0.3) is 0 Å². The van der Waals surface area contributed by atoms with Crippen LogP contribution in [0.4, 0.5) is 5.69 Å². The third kappa shape index (κ3) is 3.47. The Morgan fingerprint density at radius 2 is 1.89 bits per heavy atom. The zero-order valence-corrected chi connectivity index (χ0v) is 11.8. The number of aryl methyl sites for hydroxylation is 1. The van der Waals surface area contributed by atoms with Crippen LogP contribution >= 0.6 is 0 Å². The zero-order valence-electron chi connectivity index (χ0n) is 11.8. The molecule has 2 rings (SSSR count). The molecule has 0 bridgehead atoms. The first-order valence-electron chi connectivity index (χ1n) is 6.54. The summed E-state index contributed by atoms with van der Waals surface area (Å²) in [6, 6.07) is 8.70. The second-order valence-corrected chi connectivity index (χ2v) is 5.55. The van der Waals surface area contributed by atoms with Gasteiger partial charge in [-0.05, 0) is 44.4 Å². The Morgan fingerprint density at radius 3 is 2.39 bits per heavy atom. The van der Waals surface area contributed by atoms with Gasteiger partial charge >= 0.3 is 0 Å². The average Bonchev–Trinajstić information content (AvgIpc) is 2.67. The van der Waals surface area contributed by atoms with Gasteiger partial charge in [0.05, 0.1) is 12.7 Å². The Hall–Kier alpha value is -1.06. The SMILES string of the molecule is CN(C)c1ccc(CCC2COC(C)(C)O2)cc1. The largest absolute Gasteiger partial charge is 0.378 e. The van der Waals surface area contributed by atoms with E-state index in [1.54, 1.807) is 0 Å². The molecule has 1 unspecified atom stereocenters. The Kier molecular flexibility index (Phi) is 3.93. The van der Waals surface area contributed by atoms with Gasteiger partial charge in [0.1, 0.15) is 0 Å². The van der Waals surface area contributed by atoms with E-state index in [0.29, 0.717) is 6.61 Å². The van der Waals surface area contributed by atoms with E-state index in [4.69, 9.17) is 9.47 Å². The molecule has 1 aromatic carbocycles. The van der Waals surface area contributed by atoms with E-state index in [9.17, 15) is 0 Å². The molecule has 1 aromatic rings. The molecular weight excluding hydrogens is 226 g/mol. The van der Waals surface area contributed by atoms with Crippen LogP contribution in [0.15, 0.2) is 24.3 Å². The van der Waals surface area contributed by atoms with Crippen molar-refractivity contribution in [1.82, 2.24) is 0 Å². The van der Waals surface area contributed by atoms with Crippen LogP contribution in [-0.2, 0) is 15.9 Å². The summed E-state index contributed by atoms with van der Waals surface area (Å²) in [7, 11) is 4.11. The Balaban J connectivity index is 1.84. The molecule has 1 heterocycles. The van der Waals surface area contributed by atoms with Crippen molar-refractivity contribution in [3.63, 3.8) is 0 Å². The molecule has 3 heteroatoms. The number of anilines is 1. The van der Waals surface area contributed by atoms with Crippen molar-refractivity contribution in [3.8, 4) is 0 Å². The van der Waals surface area contributed by atoms with Crippen molar-refractivity contribution in [2.45, 2.75) is 38.6 Å². The summed E-state index contributed by atoms with van der Waals surface area (Å²) in [4.78, 5) is 2.11. The molecule has 18 heavy (non-hydrogen) atoms. The minimum Gasteiger partial charge on any atom is -0.378 e. The molecule has 1 atom stereocenters. The summed E-state index contributed by atoms with van der Waals surface area (Å²) in [6.45, 7) is 4.65. The maximum Gasteiger partial charge on any atom is 0.163 e. The lowest BCUT2D eigenvalue weighted by atomic mass is 10.1. The van der Waals surface area contributed by atoms with Gasteiger partial charge in [-0.25, -0.2) is 0 Å². The van der Waals surface area contributed by atoms with Gasteiger partial charge in [0.15, 0.2) is 5.79 Å². The maximum absolute atomic E-state index is 5.80. The zero-order chi connectivity index (χ0) is 13.2. The van der Waals surface area contributed by atoms with E-state index >= 15 is 0 Å². The summed E-state index contributed by atoms with van der Waals surface area (Å²) < 4.78 is 11.4. The van der Waals surface area contributed by atoms with Crippen LogP contribution in [0.5, 0.6) is 0 Å². The van der Waals surface area contributed by atoms with Crippen molar-refractivity contribution < 1.29 is 9.47 Å². The van der Waals surface area contributed by atoms with Gasteiger partial charge in [-0.2, -0.15) is 0 Å². The highest BCUT2D eigenvalue weighted by Crippen LogP contribution is 2.25. The van der Waals surface area contributed by atoms with E-state index in [-0.39, 0.29) is 6.10 Å². The molecule has 0 radical (unpaired) electrons. The second kappa shape index (κ2) is 5.29. The fourth-order valence-corrected chi connectivity index (χ4v) is 2.19. The number of nitrogens with zero attached hydrogens (tertiary/aromatic N) is 1. The molecule has 1 saturated heterocycles. The van der Waals surface area contributed by atoms with Gasteiger partial charge < -0.3 is 14.4 Å². The predicted molar refractivity (Wildman–Crippen MR) is 74.0 cm³/mol. The molecule has 0 amide bonds. The van der Waals surface area contributed by atoms with Crippen LogP contribution in [0, 0.1) is 0 Å². The summed E-state index contributed by atoms with van der Waals surface area (Å²) >= 11 is 0. The number of rotatable bonds is 4. The number of hydrogen-bond acceptors (Lipinski definition) is 3. The first-order chi connectivity index (χ1) is 8.46. The Morgan fingerprint density at radius 1 is 1.22 bits per heavy atom. The van der Waals surface area contributed by atoms with Gasteiger partial charge in [0, 0.05) is 19.8 Å². The highest BCUT2D eigenvalue weighted by atomic mass is 16.7. The lowest BCUT2D eigenvalue weighted by Gasteiger charge is -2.17. The normalized spacial score (nSPS) is 22.1. The first kappa shape index (κ1) is 13.4. The van der Waals surface area contributed by atoms with Crippen molar-refractivity contribution in [2.75, 3.05) is 25.6 Å². The van der Waals surface area contributed by atoms with E-state index in [1.807, 2.05) is 13.8 Å². The first-order valence-corrected chi connectivity index (χ1v) is 6.54. The summed E-state index contributed by atoms with van der Waals surface area (Å²) in [5.74, 6) is -0.403. The molecule has 3 nitrogen and oxygen atoms in total. The average molecular weight is 249 g/mol. The molecule has 1 fully saturated rings. The Labute approximate surface area is 110 Å². The smallest absolute Gasteiger partial charge is 0.163 e. The van der Waals surface area contributed by atoms with Crippen LogP contribution < -0.4 is 4.90 Å². The van der Waals surface area contributed by atoms with Crippen molar-refractivity contribution in [3.05, 3.63) is 29.8 Å². The summed E-state index contributed by atoms with van der Waals surface area (Å²) in [5, 5.41) is 0. The fraction of sp³-hybridized carbons (Fsp3) is 0.600. The lowest BCUT2D eigenvalue weighted by Crippen LogP contribution is -2.21. The van der Waals surface area contributed by atoms with E-state index < -0.39 is 5.79 Å². The van der Waals surface area contributed by atoms with Crippen molar-refractivity contribution >= 4 is 5.69 Å². The van der Waals surface area contributed by atoms with E-state index in [0.717, 1.165) is 12.8 Å². The monoisotopic (exact) mass is 249 g/mol. The molecule has 0 N–H and O–H groups in total. The van der Waals surface area contributed by atoms with Crippen molar-refractivity contribution in [1.29, 1.82) is 0 Å². The van der Waals surface area contributed by atoms with Gasteiger partial charge in [-0.1, -0.05) is 12.1 Å². The van der Waals surface area contributed by atoms with E-state index in [1.165, 1.54) is 11.3 Å². The van der Waals surface area contributed by atoms with Gasteiger partial charge in [-0.15, -0.1) is 0 Å². The highest BCUT2D eigenvalue weighted by molar-refractivity contribution is 5.45. The standard InChI is InChI=1S/C15H23NO2/c1-15(2)17-11-14(18-15)10-7-12-5-8-13(9-6-12)16(3)4/h5-6,8-9,14H,7,10-11H2,1-4H3. The summed E-state index contributed by atoms with van der Waals surface area (Å²) in [5.41, 5.74) is 2.59. The van der Waals surface area contributed by atoms with Gasteiger partial charge in [0.25, 0.3) is 0 Å². The summed E-state index contributed by atoms with van der Waals surface area (Å²) in [6.07, 6.45) is 2.29. The van der Waals surface area contributed by atoms with Crippen molar-refractivity contribution in [2.24, 2.45) is 0 Å². The minimum absolute atomic E-state index is 0.230. The third-order valence-electron chi connectivity index (χ3n) is 3.28. The molecule has 0 aliphatic carbocycles. The number of benzene rings is 1. The van der Waals surface area contributed by atoms with Crippen LogP contribution in [0.3, 0.4) is 0 Å². The minimum atomic E-state index is -0.403. The number of ether oxygens (including phenoxy) is 2. The van der Waals surface area contributed by atoms with E-state index in [2.05, 4.69) is 43.3 Å². The van der Waals surface area contributed by atoms with Crippen LogP contribution in [0.2, 0.25) is 0 Å². The Bertz CT molecular complexity index is 384. The topological polar surface area (TPSA) is 21.7 Å². The van der Waals surface area contributed by atoms with Crippen LogP contribution in [-0.4, -0.2) is 32.6 Å². The molecule has 1 aliphatic heterocycles. The molecule has 0 spiro atoms. The lowest BCUT2D eigenvalue weighted by molar-refractivity contribution is -0.138. The molecule has 0 aromatic heterocycles. The fourth-order valence-electron chi connectivity index (χ4n) is 2.19. The molecule has 0 saturated carbocycles. The molecular formula is C15H23NO2. The highest BCUT2D eigenvalue weighted by Gasteiger charge is 2.32. The molecule has 1 aliphatic rings. The maximum atomic E-state index is 5.80. The molecule has 100 valence electrons.